The van der Waals surface area contributed by atoms with Crippen LogP contribution in [0.1, 0.15) is 13.3 Å². The number of amides is 2. The first-order chi connectivity index (χ1) is 7.09. The monoisotopic (exact) mass is 216 g/mol. The second-order valence-corrected chi connectivity index (χ2v) is 3.55. The van der Waals surface area contributed by atoms with Crippen LogP contribution >= 0.6 is 0 Å². The molecule has 1 saturated heterocycles. The molecule has 0 saturated carbocycles. The van der Waals surface area contributed by atoms with Crippen molar-refractivity contribution >= 4 is 12.0 Å². The van der Waals surface area contributed by atoms with Crippen molar-refractivity contribution in [2.75, 3.05) is 26.3 Å². The largest absolute Gasteiger partial charge is 0.481 e. The van der Waals surface area contributed by atoms with Crippen LogP contribution in [0.4, 0.5) is 4.79 Å². The van der Waals surface area contributed by atoms with E-state index >= 15 is 0 Å². The Kier molecular flexibility index (Phi) is 4.36. The molecule has 15 heavy (non-hydrogen) atoms. The summed E-state index contributed by atoms with van der Waals surface area (Å²) in [5, 5.41) is 11.2. The standard InChI is InChI=1S/C9H16N2O4/c1-7(6-8(12)13)10-9(14)11-2-4-15-5-3-11/h7H,2-6H2,1H3,(H,10,14)(H,12,13). The second kappa shape index (κ2) is 5.55. The van der Waals surface area contributed by atoms with Gasteiger partial charge >= 0.3 is 12.0 Å². The number of carboxylic acids is 1. The minimum atomic E-state index is -0.912. The molecule has 0 aromatic carbocycles. The number of rotatable bonds is 3. The molecule has 0 aromatic rings. The quantitative estimate of drug-likeness (QED) is 0.690. The average molecular weight is 216 g/mol. The van der Waals surface area contributed by atoms with Gasteiger partial charge < -0.3 is 20.1 Å². The molecule has 6 nitrogen and oxygen atoms in total. The maximum absolute atomic E-state index is 11.6. The molecule has 1 unspecified atom stereocenters. The molecule has 0 spiro atoms. The Morgan fingerprint density at radius 2 is 2.07 bits per heavy atom. The fourth-order valence-electron chi connectivity index (χ4n) is 1.38. The Morgan fingerprint density at radius 3 is 2.60 bits per heavy atom. The van der Waals surface area contributed by atoms with Gasteiger partial charge in [-0.05, 0) is 6.92 Å². The van der Waals surface area contributed by atoms with Gasteiger partial charge in [0.25, 0.3) is 0 Å². The van der Waals surface area contributed by atoms with Crippen molar-refractivity contribution in [1.82, 2.24) is 10.2 Å². The number of ether oxygens (including phenoxy) is 1. The van der Waals surface area contributed by atoms with Crippen molar-refractivity contribution in [2.24, 2.45) is 0 Å². The molecule has 1 aliphatic rings. The van der Waals surface area contributed by atoms with Crippen LogP contribution in [0.3, 0.4) is 0 Å². The summed E-state index contributed by atoms with van der Waals surface area (Å²) in [5.41, 5.74) is 0. The van der Waals surface area contributed by atoms with Crippen LogP contribution in [-0.4, -0.2) is 54.4 Å². The lowest BCUT2D eigenvalue weighted by Gasteiger charge is -2.28. The van der Waals surface area contributed by atoms with Crippen molar-refractivity contribution < 1.29 is 19.4 Å². The number of urea groups is 1. The van der Waals surface area contributed by atoms with E-state index in [9.17, 15) is 9.59 Å². The molecular weight excluding hydrogens is 200 g/mol. The van der Waals surface area contributed by atoms with Crippen LogP contribution in [0.15, 0.2) is 0 Å². The van der Waals surface area contributed by atoms with Crippen LogP contribution in [0.2, 0.25) is 0 Å². The number of carbonyl (C=O) groups is 2. The molecule has 6 heteroatoms. The summed E-state index contributed by atoms with van der Waals surface area (Å²) in [6, 6.07) is -0.565. The first-order valence-electron chi connectivity index (χ1n) is 4.94. The SMILES string of the molecule is CC(CC(=O)O)NC(=O)N1CCOCC1. The predicted molar refractivity (Wildman–Crippen MR) is 52.6 cm³/mol. The van der Waals surface area contributed by atoms with Crippen LogP contribution in [-0.2, 0) is 9.53 Å². The van der Waals surface area contributed by atoms with Gasteiger partial charge in [0.1, 0.15) is 0 Å². The van der Waals surface area contributed by atoms with Crippen LogP contribution in [0, 0.1) is 0 Å². The molecule has 0 aromatic heterocycles. The van der Waals surface area contributed by atoms with E-state index < -0.39 is 5.97 Å². The minimum Gasteiger partial charge on any atom is -0.481 e. The number of carbonyl (C=O) groups excluding carboxylic acids is 1. The Bertz CT molecular complexity index is 238. The molecule has 0 aliphatic carbocycles. The van der Waals surface area contributed by atoms with Crippen molar-refractivity contribution in [3.8, 4) is 0 Å². The van der Waals surface area contributed by atoms with Gasteiger partial charge in [0.2, 0.25) is 0 Å². The Hall–Kier alpha value is -1.30. The Morgan fingerprint density at radius 1 is 1.47 bits per heavy atom. The highest BCUT2D eigenvalue weighted by atomic mass is 16.5. The highest BCUT2D eigenvalue weighted by Gasteiger charge is 2.18. The maximum atomic E-state index is 11.6. The van der Waals surface area contributed by atoms with Gasteiger partial charge in [0.05, 0.1) is 19.6 Å². The Balaban J connectivity index is 2.30. The molecule has 86 valence electrons. The number of nitrogens with zero attached hydrogens (tertiary/aromatic N) is 1. The van der Waals surface area contributed by atoms with E-state index in [0.717, 1.165) is 0 Å². The van der Waals surface area contributed by atoms with E-state index in [0.29, 0.717) is 26.3 Å². The molecule has 1 fully saturated rings. The summed E-state index contributed by atoms with van der Waals surface area (Å²) in [4.78, 5) is 23.6. The summed E-state index contributed by atoms with van der Waals surface area (Å²) in [6.45, 7) is 3.88. The normalized spacial score (nSPS) is 18.3. The fourth-order valence-corrected chi connectivity index (χ4v) is 1.38. The summed E-state index contributed by atoms with van der Waals surface area (Å²) >= 11 is 0. The van der Waals surface area contributed by atoms with Crippen molar-refractivity contribution in [1.29, 1.82) is 0 Å². The molecule has 1 aliphatic heterocycles. The highest BCUT2D eigenvalue weighted by molar-refractivity contribution is 5.75. The average Bonchev–Trinajstić information content (AvgIpc) is 2.17. The molecule has 1 rings (SSSR count). The summed E-state index contributed by atoms with van der Waals surface area (Å²) in [5.74, 6) is -0.912. The molecular formula is C9H16N2O4. The van der Waals surface area contributed by atoms with Gasteiger partial charge in [0, 0.05) is 19.1 Å². The van der Waals surface area contributed by atoms with Crippen LogP contribution < -0.4 is 5.32 Å². The number of aliphatic carboxylic acids is 1. The number of morpholine rings is 1. The first-order valence-corrected chi connectivity index (χ1v) is 4.94. The third-order valence-electron chi connectivity index (χ3n) is 2.15. The molecule has 0 radical (unpaired) electrons. The fraction of sp³-hybridized carbons (Fsp3) is 0.778. The van der Waals surface area contributed by atoms with Gasteiger partial charge in [0.15, 0.2) is 0 Å². The highest BCUT2D eigenvalue weighted by Crippen LogP contribution is 1.99. The van der Waals surface area contributed by atoms with Crippen molar-refractivity contribution in [3.63, 3.8) is 0 Å². The summed E-state index contributed by atoms with van der Waals surface area (Å²) < 4.78 is 5.10. The van der Waals surface area contributed by atoms with E-state index in [2.05, 4.69) is 5.32 Å². The van der Waals surface area contributed by atoms with Gasteiger partial charge in [-0.1, -0.05) is 0 Å². The number of hydrogen-bond donors (Lipinski definition) is 2. The van der Waals surface area contributed by atoms with E-state index in [-0.39, 0.29) is 18.5 Å². The topological polar surface area (TPSA) is 78.9 Å². The van der Waals surface area contributed by atoms with Gasteiger partial charge in [-0.3, -0.25) is 4.79 Å². The van der Waals surface area contributed by atoms with E-state index in [1.54, 1.807) is 11.8 Å². The van der Waals surface area contributed by atoms with E-state index in [1.165, 1.54) is 0 Å². The second-order valence-electron chi connectivity index (χ2n) is 3.55. The van der Waals surface area contributed by atoms with E-state index in [1.807, 2.05) is 0 Å². The first kappa shape index (κ1) is 11.8. The van der Waals surface area contributed by atoms with Crippen molar-refractivity contribution in [2.45, 2.75) is 19.4 Å². The lowest BCUT2D eigenvalue weighted by Crippen LogP contribution is -2.48. The molecule has 2 amide bonds. The maximum Gasteiger partial charge on any atom is 0.317 e. The molecule has 1 heterocycles. The molecule has 2 N–H and O–H groups in total. The van der Waals surface area contributed by atoms with Gasteiger partial charge in [-0.15, -0.1) is 0 Å². The smallest absolute Gasteiger partial charge is 0.317 e. The molecule has 0 bridgehead atoms. The number of carboxylic acid groups (broad SMARTS) is 1. The van der Waals surface area contributed by atoms with E-state index in [4.69, 9.17) is 9.84 Å². The third-order valence-corrected chi connectivity index (χ3v) is 2.15. The zero-order valence-corrected chi connectivity index (χ0v) is 8.73. The zero-order chi connectivity index (χ0) is 11.3. The summed E-state index contributed by atoms with van der Waals surface area (Å²) in [6.07, 6.45) is -0.0594. The lowest BCUT2D eigenvalue weighted by molar-refractivity contribution is -0.137. The third kappa shape index (κ3) is 4.16. The zero-order valence-electron chi connectivity index (χ0n) is 8.73. The van der Waals surface area contributed by atoms with Gasteiger partial charge in [-0.2, -0.15) is 0 Å². The lowest BCUT2D eigenvalue weighted by atomic mass is 10.2. The number of hydrogen-bond acceptors (Lipinski definition) is 3. The Labute approximate surface area is 88.2 Å². The number of nitrogens with one attached hydrogen (secondary N) is 1. The predicted octanol–water partition coefficient (Wildman–Crippen LogP) is -0.109. The summed E-state index contributed by atoms with van der Waals surface area (Å²) in [7, 11) is 0. The molecule has 1 atom stereocenters. The van der Waals surface area contributed by atoms with Crippen LogP contribution in [0.5, 0.6) is 0 Å². The minimum absolute atomic E-state index is 0.0594. The van der Waals surface area contributed by atoms with Crippen LogP contribution in [0.25, 0.3) is 0 Å². The van der Waals surface area contributed by atoms with Gasteiger partial charge in [-0.25, -0.2) is 4.79 Å². The van der Waals surface area contributed by atoms with Crippen molar-refractivity contribution in [3.05, 3.63) is 0 Å².